The Labute approximate surface area is 89.0 Å². The second-order valence-electron chi connectivity index (χ2n) is 2.95. The first-order valence-electron chi connectivity index (χ1n) is 4.79. The topological polar surface area (TPSA) is 39.4 Å². The van der Waals surface area contributed by atoms with E-state index >= 15 is 0 Å². The molecule has 0 saturated carbocycles. The molecule has 0 aliphatic rings. The van der Waals surface area contributed by atoms with Gasteiger partial charge in [-0.1, -0.05) is 12.7 Å². The van der Waals surface area contributed by atoms with Gasteiger partial charge in [-0.2, -0.15) is 0 Å². The zero-order chi connectivity index (χ0) is 11.1. The van der Waals surface area contributed by atoms with Crippen molar-refractivity contribution < 1.29 is 13.9 Å². The maximum atomic E-state index is 11.2. The summed E-state index contributed by atoms with van der Waals surface area (Å²) in [5, 5.41) is 0. The zero-order valence-electron chi connectivity index (χ0n) is 8.73. The van der Waals surface area contributed by atoms with Crippen molar-refractivity contribution in [1.82, 2.24) is 0 Å². The monoisotopic (exact) mass is 206 g/mol. The number of ether oxygens (including phenoxy) is 1. The van der Waals surface area contributed by atoms with E-state index in [0.717, 1.165) is 5.76 Å². The van der Waals surface area contributed by atoms with Gasteiger partial charge in [0.1, 0.15) is 5.76 Å². The van der Waals surface area contributed by atoms with Crippen molar-refractivity contribution >= 4 is 12.0 Å². The number of rotatable bonds is 5. The summed E-state index contributed by atoms with van der Waals surface area (Å²) in [6.07, 6.45) is 5.68. The van der Waals surface area contributed by atoms with Crippen LogP contribution in [0.25, 0.3) is 6.08 Å². The van der Waals surface area contributed by atoms with Gasteiger partial charge in [0.25, 0.3) is 0 Å². The first-order valence-corrected chi connectivity index (χ1v) is 4.79. The molecule has 0 bridgehead atoms. The molecule has 0 atom stereocenters. The van der Waals surface area contributed by atoms with Gasteiger partial charge < -0.3 is 9.15 Å². The third-order valence-corrected chi connectivity index (χ3v) is 1.75. The van der Waals surface area contributed by atoms with E-state index in [1.54, 1.807) is 25.3 Å². The minimum Gasteiger partial charge on any atom is -0.465 e. The maximum Gasteiger partial charge on any atom is 0.333 e. The molecule has 1 aromatic rings. The fourth-order valence-corrected chi connectivity index (χ4v) is 1.02. The Morgan fingerprint density at radius 1 is 1.67 bits per heavy atom. The summed E-state index contributed by atoms with van der Waals surface area (Å²) in [5.41, 5.74) is 0.444. The van der Waals surface area contributed by atoms with Crippen molar-refractivity contribution in [2.75, 3.05) is 6.61 Å². The number of hydrogen-bond acceptors (Lipinski definition) is 3. The molecule has 0 saturated heterocycles. The van der Waals surface area contributed by atoms with Crippen molar-refractivity contribution in [2.45, 2.75) is 13.3 Å². The lowest BCUT2D eigenvalue weighted by Crippen LogP contribution is -2.05. The summed E-state index contributed by atoms with van der Waals surface area (Å²) in [4.78, 5) is 11.2. The SMILES string of the molecule is C=C(C/C=C/c1ccco1)C(=O)OCC. The summed E-state index contributed by atoms with van der Waals surface area (Å²) in [7, 11) is 0. The van der Waals surface area contributed by atoms with Crippen LogP contribution in [0.3, 0.4) is 0 Å². The van der Waals surface area contributed by atoms with Crippen LogP contribution in [0.5, 0.6) is 0 Å². The molecule has 0 spiro atoms. The number of carbonyl (C=O) groups excluding carboxylic acids is 1. The van der Waals surface area contributed by atoms with Gasteiger partial charge in [0.2, 0.25) is 0 Å². The molecule has 80 valence electrons. The van der Waals surface area contributed by atoms with Crippen molar-refractivity contribution in [3.8, 4) is 0 Å². The van der Waals surface area contributed by atoms with Crippen LogP contribution < -0.4 is 0 Å². The van der Waals surface area contributed by atoms with Gasteiger partial charge >= 0.3 is 5.97 Å². The smallest absolute Gasteiger partial charge is 0.333 e. The molecule has 0 radical (unpaired) electrons. The predicted octanol–water partition coefficient (Wildman–Crippen LogP) is 2.80. The molecule has 0 aliphatic heterocycles. The van der Waals surface area contributed by atoms with Gasteiger partial charge in [0.05, 0.1) is 12.9 Å². The first kappa shape index (κ1) is 11.3. The van der Waals surface area contributed by atoms with Crippen LogP contribution >= 0.6 is 0 Å². The fraction of sp³-hybridized carbons (Fsp3) is 0.250. The zero-order valence-corrected chi connectivity index (χ0v) is 8.73. The molecular formula is C12H14O3. The van der Waals surface area contributed by atoms with Crippen LogP contribution in [0.2, 0.25) is 0 Å². The van der Waals surface area contributed by atoms with Crippen LogP contribution in [-0.2, 0) is 9.53 Å². The minimum absolute atomic E-state index is 0.346. The third kappa shape index (κ3) is 3.85. The highest BCUT2D eigenvalue weighted by atomic mass is 16.5. The number of carbonyl (C=O) groups is 1. The lowest BCUT2D eigenvalue weighted by atomic mass is 10.2. The molecule has 1 rings (SSSR count). The second-order valence-corrected chi connectivity index (χ2v) is 2.95. The van der Waals surface area contributed by atoms with Gasteiger partial charge in [0, 0.05) is 5.57 Å². The molecule has 0 fully saturated rings. The van der Waals surface area contributed by atoms with Crippen molar-refractivity contribution in [2.24, 2.45) is 0 Å². The van der Waals surface area contributed by atoms with Crippen LogP contribution in [-0.4, -0.2) is 12.6 Å². The van der Waals surface area contributed by atoms with Gasteiger partial charge in [-0.05, 0) is 31.6 Å². The number of esters is 1. The summed E-state index contributed by atoms with van der Waals surface area (Å²) < 4.78 is 9.89. The first-order chi connectivity index (χ1) is 7.24. The van der Waals surface area contributed by atoms with Crippen molar-refractivity contribution in [1.29, 1.82) is 0 Å². The Kier molecular flexibility index (Phi) is 4.41. The van der Waals surface area contributed by atoms with E-state index < -0.39 is 0 Å². The lowest BCUT2D eigenvalue weighted by molar-refractivity contribution is -0.138. The number of allylic oxidation sites excluding steroid dienone is 1. The standard InChI is InChI=1S/C12H14O3/c1-3-14-12(13)10(2)6-4-7-11-8-5-9-15-11/h4-5,7-9H,2-3,6H2,1H3/b7-4+. The lowest BCUT2D eigenvalue weighted by Gasteiger charge is -2.01. The number of hydrogen-bond donors (Lipinski definition) is 0. The van der Waals surface area contributed by atoms with E-state index in [9.17, 15) is 4.79 Å². The second kappa shape index (κ2) is 5.86. The molecule has 0 amide bonds. The predicted molar refractivity (Wildman–Crippen MR) is 58.1 cm³/mol. The molecule has 0 N–H and O–H groups in total. The van der Waals surface area contributed by atoms with E-state index in [4.69, 9.17) is 9.15 Å². The summed E-state index contributed by atoms with van der Waals surface area (Å²) in [5.74, 6) is 0.410. The Bertz CT molecular complexity index is 347. The molecule has 0 aromatic carbocycles. The van der Waals surface area contributed by atoms with Gasteiger partial charge in [0.15, 0.2) is 0 Å². The average Bonchev–Trinajstić information content (AvgIpc) is 2.71. The van der Waals surface area contributed by atoms with Gasteiger partial charge in [-0.3, -0.25) is 0 Å². The Morgan fingerprint density at radius 2 is 2.47 bits per heavy atom. The molecule has 0 aliphatic carbocycles. The quantitative estimate of drug-likeness (QED) is 0.549. The highest BCUT2D eigenvalue weighted by molar-refractivity contribution is 5.88. The average molecular weight is 206 g/mol. The fourth-order valence-electron chi connectivity index (χ4n) is 1.02. The summed E-state index contributed by atoms with van der Waals surface area (Å²) >= 11 is 0. The Balaban J connectivity index is 2.37. The maximum absolute atomic E-state index is 11.2. The van der Waals surface area contributed by atoms with Crippen LogP contribution in [0, 0.1) is 0 Å². The highest BCUT2D eigenvalue weighted by Crippen LogP contribution is 2.07. The molecule has 3 heteroatoms. The largest absolute Gasteiger partial charge is 0.465 e. The molecule has 1 aromatic heterocycles. The van der Waals surface area contributed by atoms with Crippen molar-refractivity contribution in [3.05, 3.63) is 42.4 Å². The van der Waals surface area contributed by atoms with Crippen LogP contribution in [0.4, 0.5) is 0 Å². The van der Waals surface area contributed by atoms with E-state index in [1.165, 1.54) is 0 Å². The normalized spacial score (nSPS) is 10.5. The van der Waals surface area contributed by atoms with E-state index in [0.29, 0.717) is 18.6 Å². The molecule has 1 heterocycles. The number of furan rings is 1. The summed E-state index contributed by atoms with van der Waals surface area (Å²) in [6.45, 7) is 5.78. The van der Waals surface area contributed by atoms with E-state index in [2.05, 4.69) is 6.58 Å². The van der Waals surface area contributed by atoms with E-state index in [-0.39, 0.29) is 5.97 Å². The molecule has 3 nitrogen and oxygen atoms in total. The minimum atomic E-state index is -0.346. The molecule has 15 heavy (non-hydrogen) atoms. The third-order valence-electron chi connectivity index (χ3n) is 1.75. The van der Waals surface area contributed by atoms with Gasteiger partial charge in [-0.15, -0.1) is 0 Å². The van der Waals surface area contributed by atoms with Crippen LogP contribution in [0.1, 0.15) is 19.1 Å². The summed E-state index contributed by atoms with van der Waals surface area (Å²) in [6, 6.07) is 3.64. The van der Waals surface area contributed by atoms with E-state index in [1.807, 2.05) is 12.1 Å². The van der Waals surface area contributed by atoms with Crippen LogP contribution in [0.15, 0.2) is 41.0 Å². The molecular weight excluding hydrogens is 192 g/mol. The van der Waals surface area contributed by atoms with Gasteiger partial charge in [-0.25, -0.2) is 4.79 Å². The van der Waals surface area contributed by atoms with Crippen molar-refractivity contribution in [3.63, 3.8) is 0 Å². The Hall–Kier alpha value is -1.77. The molecule has 0 unspecified atom stereocenters. The Morgan fingerprint density at radius 3 is 3.07 bits per heavy atom. The highest BCUT2D eigenvalue weighted by Gasteiger charge is 2.04.